The second kappa shape index (κ2) is 5.60. The first-order valence-electron chi connectivity index (χ1n) is 6.71. The molecule has 0 aromatic heterocycles. The molecule has 0 bridgehead atoms. The van der Waals surface area contributed by atoms with Gasteiger partial charge in [-0.2, -0.15) is 0 Å². The van der Waals surface area contributed by atoms with Crippen molar-refractivity contribution < 1.29 is 13.2 Å². The summed E-state index contributed by atoms with van der Waals surface area (Å²) < 4.78 is 40.0. The van der Waals surface area contributed by atoms with Gasteiger partial charge < -0.3 is 5.32 Å². The molecule has 1 atom stereocenters. The summed E-state index contributed by atoms with van der Waals surface area (Å²) in [6.07, 6.45) is 2.02. The highest BCUT2D eigenvalue weighted by atomic mass is 35.5. The van der Waals surface area contributed by atoms with E-state index in [1.807, 2.05) is 0 Å². The Bertz CT molecular complexity index is 630. The molecule has 21 heavy (non-hydrogen) atoms. The molecule has 1 nitrogen and oxygen atoms in total. The van der Waals surface area contributed by atoms with Crippen molar-refractivity contribution in [3.8, 4) is 0 Å². The molecule has 0 aliphatic heterocycles. The van der Waals surface area contributed by atoms with Crippen molar-refractivity contribution in [2.75, 3.05) is 5.32 Å². The lowest BCUT2D eigenvalue weighted by atomic mass is 10.0. The van der Waals surface area contributed by atoms with Gasteiger partial charge >= 0.3 is 0 Å². The molecule has 1 aliphatic rings. The van der Waals surface area contributed by atoms with Crippen molar-refractivity contribution in [1.29, 1.82) is 0 Å². The standard InChI is InChI=1S/C16H13ClF3N/c17-13-7-12(19)8-14(20)16(13)21-15(9-1-2-9)10-3-5-11(18)6-4-10/h3-9,15,21H,1-2H2. The summed E-state index contributed by atoms with van der Waals surface area (Å²) in [6.45, 7) is 0. The van der Waals surface area contributed by atoms with Crippen LogP contribution < -0.4 is 5.32 Å². The van der Waals surface area contributed by atoms with Gasteiger partial charge in [0.2, 0.25) is 0 Å². The Kier molecular flexibility index (Phi) is 3.81. The molecule has 0 heterocycles. The first kappa shape index (κ1) is 14.3. The molecule has 2 aromatic carbocycles. The van der Waals surface area contributed by atoms with Crippen LogP contribution in [0.4, 0.5) is 18.9 Å². The largest absolute Gasteiger partial charge is 0.374 e. The maximum Gasteiger partial charge on any atom is 0.150 e. The molecule has 0 spiro atoms. The summed E-state index contributed by atoms with van der Waals surface area (Å²) in [5, 5.41) is 3.04. The zero-order valence-electron chi connectivity index (χ0n) is 11.0. The van der Waals surface area contributed by atoms with Crippen molar-refractivity contribution in [2.45, 2.75) is 18.9 Å². The van der Waals surface area contributed by atoms with Gasteiger partial charge in [0, 0.05) is 6.07 Å². The maximum absolute atomic E-state index is 13.9. The molecule has 1 unspecified atom stereocenters. The van der Waals surface area contributed by atoms with Gasteiger partial charge in [-0.05, 0) is 42.5 Å². The van der Waals surface area contributed by atoms with Crippen LogP contribution in [0.2, 0.25) is 5.02 Å². The first-order chi connectivity index (χ1) is 10.0. The van der Waals surface area contributed by atoms with Gasteiger partial charge in [-0.25, -0.2) is 13.2 Å². The average molecular weight is 312 g/mol. The minimum Gasteiger partial charge on any atom is -0.374 e. The quantitative estimate of drug-likeness (QED) is 0.805. The number of nitrogens with one attached hydrogen (secondary N) is 1. The summed E-state index contributed by atoms with van der Waals surface area (Å²) in [6, 6.07) is 7.78. The summed E-state index contributed by atoms with van der Waals surface area (Å²) in [5.74, 6) is -1.42. The lowest BCUT2D eigenvalue weighted by Crippen LogP contribution is -2.14. The Morgan fingerprint density at radius 3 is 2.24 bits per heavy atom. The number of halogens is 4. The van der Waals surface area contributed by atoms with Crippen LogP contribution in [-0.4, -0.2) is 0 Å². The molecule has 110 valence electrons. The van der Waals surface area contributed by atoms with Crippen molar-refractivity contribution in [3.63, 3.8) is 0 Å². The van der Waals surface area contributed by atoms with E-state index in [1.165, 1.54) is 12.1 Å². The normalized spacial score (nSPS) is 15.8. The number of hydrogen-bond acceptors (Lipinski definition) is 1. The Hall–Kier alpha value is -1.68. The van der Waals surface area contributed by atoms with Crippen LogP contribution in [0.25, 0.3) is 0 Å². The minimum atomic E-state index is -0.729. The van der Waals surface area contributed by atoms with Gasteiger partial charge in [0.05, 0.1) is 16.8 Å². The van der Waals surface area contributed by atoms with Crippen molar-refractivity contribution in [3.05, 3.63) is 64.4 Å². The SMILES string of the molecule is Fc1ccc(C(Nc2c(F)cc(F)cc2Cl)C2CC2)cc1. The molecule has 0 saturated heterocycles. The fraction of sp³-hybridized carbons (Fsp3) is 0.250. The predicted molar refractivity (Wildman–Crippen MR) is 76.9 cm³/mol. The Balaban J connectivity index is 1.91. The van der Waals surface area contributed by atoms with Crippen LogP contribution in [0.3, 0.4) is 0 Å². The van der Waals surface area contributed by atoms with Gasteiger partial charge in [-0.15, -0.1) is 0 Å². The summed E-state index contributed by atoms with van der Waals surface area (Å²) >= 11 is 5.91. The van der Waals surface area contributed by atoms with E-state index >= 15 is 0 Å². The van der Waals surface area contributed by atoms with E-state index in [2.05, 4.69) is 5.32 Å². The molecule has 3 rings (SSSR count). The highest BCUT2D eigenvalue weighted by molar-refractivity contribution is 6.33. The van der Waals surface area contributed by atoms with Gasteiger partial charge in [0.15, 0.2) is 5.82 Å². The van der Waals surface area contributed by atoms with E-state index in [0.29, 0.717) is 5.92 Å². The first-order valence-corrected chi connectivity index (χ1v) is 7.09. The van der Waals surface area contributed by atoms with Crippen LogP contribution >= 0.6 is 11.6 Å². The Labute approximate surface area is 125 Å². The third kappa shape index (κ3) is 3.16. The summed E-state index contributed by atoms with van der Waals surface area (Å²) in [4.78, 5) is 0. The molecule has 5 heteroatoms. The molecule has 1 N–H and O–H groups in total. The van der Waals surface area contributed by atoms with Gasteiger partial charge in [-0.1, -0.05) is 23.7 Å². The highest BCUT2D eigenvalue weighted by Crippen LogP contribution is 2.44. The van der Waals surface area contributed by atoms with Gasteiger partial charge in [0.25, 0.3) is 0 Å². The Morgan fingerprint density at radius 1 is 1.00 bits per heavy atom. The van der Waals surface area contributed by atoms with E-state index in [9.17, 15) is 13.2 Å². The summed E-state index contributed by atoms with van der Waals surface area (Å²) in [5.41, 5.74) is 0.943. The zero-order chi connectivity index (χ0) is 15.0. The van der Waals surface area contributed by atoms with Crippen LogP contribution in [-0.2, 0) is 0 Å². The third-order valence-electron chi connectivity index (χ3n) is 3.63. The second-order valence-electron chi connectivity index (χ2n) is 5.26. The van der Waals surface area contributed by atoms with E-state index in [-0.39, 0.29) is 22.6 Å². The van der Waals surface area contributed by atoms with Crippen molar-refractivity contribution in [1.82, 2.24) is 0 Å². The van der Waals surface area contributed by atoms with Crippen LogP contribution in [0.1, 0.15) is 24.4 Å². The predicted octanol–water partition coefficient (Wildman–Crippen LogP) is 5.32. The summed E-state index contributed by atoms with van der Waals surface area (Å²) in [7, 11) is 0. The molecular formula is C16H13ClF3N. The van der Waals surface area contributed by atoms with Crippen molar-refractivity contribution >= 4 is 17.3 Å². The highest BCUT2D eigenvalue weighted by Gasteiger charge is 2.33. The number of benzene rings is 2. The number of hydrogen-bond donors (Lipinski definition) is 1. The van der Waals surface area contributed by atoms with Crippen molar-refractivity contribution in [2.24, 2.45) is 5.92 Å². The second-order valence-corrected chi connectivity index (χ2v) is 5.66. The molecule has 1 saturated carbocycles. The fourth-order valence-corrected chi connectivity index (χ4v) is 2.66. The van der Waals surface area contributed by atoms with Crippen LogP contribution in [0, 0.1) is 23.4 Å². The smallest absolute Gasteiger partial charge is 0.150 e. The number of rotatable bonds is 4. The third-order valence-corrected chi connectivity index (χ3v) is 3.93. The molecule has 1 fully saturated rings. The molecule has 0 amide bonds. The van der Waals surface area contributed by atoms with E-state index in [4.69, 9.17) is 11.6 Å². The van der Waals surface area contributed by atoms with Gasteiger partial charge in [0.1, 0.15) is 11.6 Å². The average Bonchev–Trinajstić information content (AvgIpc) is 3.24. The fourth-order valence-electron chi connectivity index (χ4n) is 2.41. The zero-order valence-corrected chi connectivity index (χ0v) is 11.8. The molecular weight excluding hydrogens is 299 g/mol. The lowest BCUT2D eigenvalue weighted by Gasteiger charge is -2.21. The van der Waals surface area contributed by atoms with Crippen LogP contribution in [0.5, 0.6) is 0 Å². The lowest BCUT2D eigenvalue weighted by molar-refractivity contribution is 0.579. The van der Waals surface area contributed by atoms with Gasteiger partial charge in [-0.3, -0.25) is 0 Å². The van der Waals surface area contributed by atoms with E-state index < -0.39 is 11.6 Å². The van der Waals surface area contributed by atoms with Crippen LogP contribution in [0.15, 0.2) is 36.4 Å². The number of anilines is 1. The van der Waals surface area contributed by atoms with E-state index in [1.54, 1.807) is 12.1 Å². The minimum absolute atomic E-state index is 0.000242. The monoisotopic (exact) mass is 311 g/mol. The molecule has 0 radical (unpaired) electrons. The van der Waals surface area contributed by atoms with E-state index in [0.717, 1.165) is 30.5 Å². The topological polar surface area (TPSA) is 12.0 Å². The Morgan fingerprint density at radius 2 is 1.67 bits per heavy atom. The molecule has 2 aromatic rings. The molecule has 1 aliphatic carbocycles. The maximum atomic E-state index is 13.9.